The first-order chi connectivity index (χ1) is 8.91. The Balaban J connectivity index is 2.32. The zero-order valence-corrected chi connectivity index (χ0v) is 11.3. The van der Waals surface area contributed by atoms with Crippen LogP contribution < -0.4 is 0 Å². The maximum absolute atomic E-state index is 13.0. The molecular weight excluding hydrogens is 253 g/mol. The molecule has 1 aliphatic rings. The maximum atomic E-state index is 13.0. The van der Waals surface area contributed by atoms with Crippen molar-refractivity contribution in [1.82, 2.24) is 9.88 Å². The Labute approximate surface area is 111 Å². The van der Waals surface area contributed by atoms with Crippen molar-refractivity contribution in [2.24, 2.45) is 0 Å². The van der Waals surface area contributed by atoms with E-state index in [4.69, 9.17) is 0 Å². The van der Waals surface area contributed by atoms with E-state index >= 15 is 0 Å². The Bertz CT molecular complexity index is 443. The van der Waals surface area contributed by atoms with Crippen molar-refractivity contribution >= 4 is 0 Å². The Morgan fingerprint density at radius 3 is 2.74 bits per heavy atom. The lowest BCUT2D eigenvalue weighted by atomic mass is 9.90. The van der Waals surface area contributed by atoms with E-state index in [0.29, 0.717) is 6.42 Å². The molecule has 0 aliphatic carbocycles. The molecule has 5 heteroatoms. The lowest BCUT2D eigenvalue weighted by Crippen LogP contribution is -2.31. The van der Waals surface area contributed by atoms with Crippen LogP contribution in [0.4, 0.5) is 13.2 Å². The Hall–Kier alpha value is -1.10. The van der Waals surface area contributed by atoms with Gasteiger partial charge in [0.05, 0.1) is 11.3 Å². The van der Waals surface area contributed by atoms with Gasteiger partial charge in [-0.15, -0.1) is 0 Å². The van der Waals surface area contributed by atoms with Gasteiger partial charge in [-0.2, -0.15) is 13.2 Å². The van der Waals surface area contributed by atoms with E-state index in [1.165, 1.54) is 6.07 Å². The SMILES string of the molecule is CCc1ncc(C2CCCN(C)C2)cc1C(F)(F)F. The summed E-state index contributed by atoms with van der Waals surface area (Å²) in [6.07, 6.45) is -0.417. The molecule has 1 fully saturated rings. The summed E-state index contributed by atoms with van der Waals surface area (Å²) in [6.45, 7) is 3.53. The molecule has 0 spiro atoms. The molecule has 1 aromatic rings. The molecule has 0 saturated carbocycles. The minimum absolute atomic E-state index is 0.139. The third-order valence-electron chi connectivity index (χ3n) is 3.73. The first-order valence-corrected chi connectivity index (χ1v) is 6.66. The van der Waals surface area contributed by atoms with Crippen LogP contribution in [0.2, 0.25) is 0 Å². The van der Waals surface area contributed by atoms with Crippen LogP contribution in [0, 0.1) is 0 Å². The standard InChI is InChI=1S/C14H19F3N2/c1-3-13-12(14(15,16)17)7-11(8-18-13)10-5-4-6-19(2)9-10/h7-8,10H,3-6,9H2,1-2H3. The van der Waals surface area contributed by atoms with Gasteiger partial charge in [0.15, 0.2) is 0 Å². The molecule has 19 heavy (non-hydrogen) atoms. The van der Waals surface area contributed by atoms with Crippen molar-refractivity contribution in [2.75, 3.05) is 20.1 Å². The number of likely N-dealkylation sites (N-methyl/N-ethyl adjacent to an activating group) is 1. The lowest BCUT2D eigenvalue weighted by Gasteiger charge is -2.30. The quantitative estimate of drug-likeness (QED) is 0.819. The average Bonchev–Trinajstić information content (AvgIpc) is 2.37. The van der Waals surface area contributed by atoms with Crippen LogP contribution in [0.3, 0.4) is 0 Å². The fraction of sp³-hybridized carbons (Fsp3) is 0.643. The van der Waals surface area contributed by atoms with Crippen LogP contribution >= 0.6 is 0 Å². The number of aryl methyl sites for hydroxylation is 1. The van der Waals surface area contributed by atoms with Crippen LogP contribution in [0.25, 0.3) is 0 Å². The molecule has 1 aliphatic heterocycles. The minimum Gasteiger partial charge on any atom is -0.306 e. The van der Waals surface area contributed by atoms with Gasteiger partial charge in [0.2, 0.25) is 0 Å². The molecule has 1 atom stereocenters. The molecule has 1 saturated heterocycles. The predicted octanol–water partition coefficient (Wildman–Crippen LogP) is 3.47. The highest BCUT2D eigenvalue weighted by Gasteiger charge is 2.34. The number of likely N-dealkylation sites (tertiary alicyclic amines) is 1. The molecular formula is C14H19F3N2. The largest absolute Gasteiger partial charge is 0.418 e. The second kappa shape index (κ2) is 5.49. The van der Waals surface area contributed by atoms with E-state index in [9.17, 15) is 13.2 Å². The fourth-order valence-electron chi connectivity index (χ4n) is 2.70. The number of alkyl halides is 3. The topological polar surface area (TPSA) is 16.1 Å². The van der Waals surface area contributed by atoms with Crippen molar-refractivity contribution in [2.45, 2.75) is 38.3 Å². The van der Waals surface area contributed by atoms with Crippen molar-refractivity contribution in [3.8, 4) is 0 Å². The van der Waals surface area contributed by atoms with E-state index in [-0.39, 0.29) is 11.6 Å². The molecule has 1 aromatic heterocycles. The molecule has 0 N–H and O–H groups in total. The van der Waals surface area contributed by atoms with Crippen molar-refractivity contribution < 1.29 is 13.2 Å². The van der Waals surface area contributed by atoms with Crippen molar-refractivity contribution in [3.05, 3.63) is 29.1 Å². The van der Waals surface area contributed by atoms with Gasteiger partial charge in [-0.25, -0.2) is 0 Å². The highest BCUT2D eigenvalue weighted by atomic mass is 19.4. The molecule has 0 aromatic carbocycles. The number of hydrogen-bond donors (Lipinski definition) is 0. The number of halogens is 3. The lowest BCUT2D eigenvalue weighted by molar-refractivity contribution is -0.138. The average molecular weight is 272 g/mol. The molecule has 2 heterocycles. The highest BCUT2D eigenvalue weighted by Crippen LogP contribution is 2.34. The normalized spacial score (nSPS) is 21.6. The number of hydrogen-bond acceptors (Lipinski definition) is 2. The second-order valence-electron chi connectivity index (χ2n) is 5.22. The van der Waals surface area contributed by atoms with E-state index in [1.54, 1.807) is 13.1 Å². The Kier molecular flexibility index (Phi) is 4.13. The molecule has 0 amide bonds. The van der Waals surface area contributed by atoms with E-state index in [1.807, 2.05) is 7.05 Å². The first kappa shape index (κ1) is 14.3. The number of aromatic nitrogens is 1. The maximum Gasteiger partial charge on any atom is 0.418 e. The van der Waals surface area contributed by atoms with Gasteiger partial charge in [-0.1, -0.05) is 6.92 Å². The number of nitrogens with zero attached hydrogens (tertiary/aromatic N) is 2. The third-order valence-corrected chi connectivity index (χ3v) is 3.73. The van der Waals surface area contributed by atoms with Crippen LogP contribution in [-0.4, -0.2) is 30.0 Å². The summed E-state index contributed by atoms with van der Waals surface area (Å²) in [6, 6.07) is 1.30. The zero-order valence-electron chi connectivity index (χ0n) is 11.3. The van der Waals surface area contributed by atoms with Crippen LogP contribution in [0.15, 0.2) is 12.3 Å². The minimum atomic E-state index is -4.31. The summed E-state index contributed by atoms with van der Waals surface area (Å²) < 4.78 is 39.0. The first-order valence-electron chi connectivity index (χ1n) is 6.66. The smallest absolute Gasteiger partial charge is 0.306 e. The van der Waals surface area contributed by atoms with Crippen molar-refractivity contribution in [3.63, 3.8) is 0 Å². The number of piperidine rings is 1. The summed E-state index contributed by atoms with van der Waals surface area (Å²) in [5, 5.41) is 0. The van der Waals surface area contributed by atoms with Crippen LogP contribution in [-0.2, 0) is 12.6 Å². The summed E-state index contributed by atoms with van der Waals surface area (Å²) >= 11 is 0. The van der Waals surface area contributed by atoms with Gasteiger partial charge in [0, 0.05) is 12.7 Å². The second-order valence-corrected chi connectivity index (χ2v) is 5.22. The summed E-state index contributed by atoms with van der Waals surface area (Å²) in [7, 11) is 2.00. The monoisotopic (exact) mass is 272 g/mol. The number of pyridine rings is 1. The van der Waals surface area contributed by atoms with Gasteiger partial charge in [-0.05, 0) is 50.4 Å². The van der Waals surface area contributed by atoms with Gasteiger partial charge in [-0.3, -0.25) is 4.98 Å². The molecule has 106 valence electrons. The van der Waals surface area contributed by atoms with Gasteiger partial charge in [0.1, 0.15) is 0 Å². The van der Waals surface area contributed by atoms with Crippen LogP contribution in [0.5, 0.6) is 0 Å². The van der Waals surface area contributed by atoms with Crippen LogP contribution in [0.1, 0.15) is 42.5 Å². The molecule has 0 radical (unpaired) electrons. The zero-order chi connectivity index (χ0) is 14.0. The van der Waals surface area contributed by atoms with Crippen molar-refractivity contribution in [1.29, 1.82) is 0 Å². The highest BCUT2D eigenvalue weighted by molar-refractivity contribution is 5.30. The van der Waals surface area contributed by atoms with Gasteiger partial charge >= 0.3 is 6.18 Å². The third kappa shape index (κ3) is 3.26. The predicted molar refractivity (Wildman–Crippen MR) is 68.1 cm³/mol. The molecule has 2 rings (SSSR count). The van der Waals surface area contributed by atoms with E-state index in [0.717, 1.165) is 31.5 Å². The summed E-state index contributed by atoms with van der Waals surface area (Å²) in [5.74, 6) is 0.165. The Morgan fingerprint density at radius 1 is 1.42 bits per heavy atom. The van der Waals surface area contributed by atoms with Gasteiger partial charge < -0.3 is 4.90 Å². The molecule has 1 unspecified atom stereocenters. The molecule has 2 nitrogen and oxygen atoms in total. The van der Waals surface area contributed by atoms with E-state index in [2.05, 4.69) is 9.88 Å². The molecule has 0 bridgehead atoms. The number of rotatable bonds is 2. The fourth-order valence-corrected chi connectivity index (χ4v) is 2.70. The summed E-state index contributed by atoms with van der Waals surface area (Å²) in [4.78, 5) is 6.19. The summed E-state index contributed by atoms with van der Waals surface area (Å²) in [5.41, 5.74) is 0.289. The van der Waals surface area contributed by atoms with Gasteiger partial charge in [0.25, 0.3) is 0 Å². The Morgan fingerprint density at radius 2 is 2.16 bits per heavy atom. The van der Waals surface area contributed by atoms with E-state index < -0.39 is 11.7 Å².